The van der Waals surface area contributed by atoms with Crippen LogP contribution in [0.1, 0.15) is 18.9 Å². The third kappa shape index (κ3) is 3.18. The lowest BCUT2D eigenvalue weighted by Crippen LogP contribution is -2.36. The summed E-state index contributed by atoms with van der Waals surface area (Å²) >= 11 is 0. The molecule has 2 aromatic heterocycles. The van der Waals surface area contributed by atoms with Crippen LogP contribution in [0.4, 0.5) is 5.82 Å². The molecule has 0 amide bonds. The fourth-order valence-corrected chi connectivity index (χ4v) is 3.86. The molecular weight excluding hydrogens is 326 g/mol. The summed E-state index contributed by atoms with van der Waals surface area (Å²) in [5, 5.41) is 0.959. The second-order valence-electron chi connectivity index (χ2n) is 6.84. The summed E-state index contributed by atoms with van der Waals surface area (Å²) in [6.45, 7) is 3.95. The van der Waals surface area contributed by atoms with E-state index in [1.165, 1.54) is 0 Å². The van der Waals surface area contributed by atoms with Crippen LogP contribution < -0.4 is 5.73 Å². The van der Waals surface area contributed by atoms with Gasteiger partial charge in [0.2, 0.25) is 0 Å². The molecule has 2 N–H and O–H groups in total. The van der Waals surface area contributed by atoms with E-state index in [0.29, 0.717) is 11.9 Å². The third-order valence-electron chi connectivity index (χ3n) is 5.29. The van der Waals surface area contributed by atoms with Crippen LogP contribution in [-0.4, -0.2) is 52.8 Å². The summed E-state index contributed by atoms with van der Waals surface area (Å²) < 4.78 is 7.51. The Morgan fingerprint density at radius 1 is 1.15 bits per heavy atom. The van der Waals surface area contributed by atoms with Crippen LogP contribution in [0.5, 0.6) is 0 Å². The van der Waals surface area contributed by atoms with Crippen LogP contribution >= 0.6 is 0 Å². The molecule has 6 heteroatoms. The van der Waals surface area contributed by atoms with E-state index >= 15 is 0 Å². The van der Waals surface area contributed by atoms with E-state index in [1.807, 2.05) is 18.2 Å². The molecule has 4 rings (SSSR count). The van der Waals surface area contributed by atoms with Gasteiger partial charge in [-0.05, 0) is 18.4 Å². The number of hydrogen-bond donors (Lipinski definition) is 1. The second kappa shape index (κ2) is 7.43. The summed E-state index contributed by atoms with van der Waals surface area (Å²) in [7, 11) is 1.76. The minimum Gasteiger partial charge on any atom is -0.383 e. The molecule has 1 fully saturated rings. The van der Waals surface area contributed by atoms with Crippen molar-refractivity contribution in [2.45, 2.75) is 18.9 Å². The van der Waals surface area contributed by atoms with E-state index < -0.39 is 0 Å². The van der Waals surface area contributed by atoms with Gasteiger partial charge in [-0.3, -0.25) is 0 Å². The first-order chi connectivity index (χ1) is 12.8. The molecule has 3 heterocycles. The van der Waals surface area contributed by atoms with Gasteiger partial charge in [0.15, 0.2) is 0 Å². The average molecular weight is 351 g/mol. The molecule has 26 heavy (non-hydrogen) atoms. The maximum Gasteiger partial charge on any atom is 0.146 e. The quantitative estimate of drug-likeness (QED) is 0.765. The largest absolute Gasteiger partial charge is 0.383 e. The van der Waals surface area contributed by atoms with Gasteiger partial charge in [-0.25, -0.2) is 9.97 Å². The van der Waals surface area contributed by atoms with Gasteiger partial charge < -0.3 is 19.9 Å². The highest BCUT2D eigenvalue weighted by molar-refractivity contribution is 6.00. The lowest BCUT2D eigenvalue weighted by molar-refractivity contribution is 0.122. The molecular formula is C20H25N5O. The number of likely N-dealkylation sites (tertiary alicyclic amines) is 1. The number of benzene rings is 1. The van der Waals surface area contributed by atoms with Crippen LogP contribution in [0.2, 0.25) is 0 Å². The van der Waals surface area contributed by atoms with Crippen molar-refractivity contribution < 1.29 is 4.74 Å². The predicted molar refractivity (Wildman–Crippen MR) is 104 cm³/mol. The molecule has 1 aromatic carbocycles. The Labute approximate surface area is 153 Å². The first-order valence-corrected chi connectivity index (χ1v) is 9.15. The minimum absolute atomic E-state index is 0.433. The Bertz CT molecular complexity index is 869. The highest BCUT2D eigenvalue weighted by atomic mass is 16.5. The van der Waals surface area contributed by atoms with Gasteiger partial charge in [0, 0.05) is 44.5 Å². The van der Waals surface area contributed by atoms with Gasteiger partial charge >= 0.3 is 0 Å². The molecule has 0 saturated carbocycles. The van der Waals surface area contributed by atoms with Crippen molar-refractivity contribution in [2.75, 3.05) is 39.1 Å². The molecule has 0 radical (unpaired) electrons. The summed E-state index contributed by atoms with van der Waals surface area (Å²) in [4.78, 5) is 11.3. The molecule has 0 aliphatic carbocycles. The number of nitrogens with two attached hydrogens (primary N) is 1. The normalized spacial score (nSPS) is 16.3. The van der Waals surface area contributed by atoms with E-state index in [2.05, 4.69) is 37.8 Å². The van der Waals surface area contributed by atoms with E-state index in [0.717, 1.165) is 61.2 Å². The summed E-state index contributed by atoms with van der Waals surface area (Å²) in [5.41, 5.74) is 9.42. The highest BCUT2D eigenvalue weighted by Gasteiger charge is 2.24. The molecule has 0 spiro atoms. The number of ether oxygens (including phenoxy) is 1. The van der Waals surface area contributed by atoms with Crippen molar-refractivity contribution >= 4 is 16.9 Å². The summed E-state index contributed by atoms with van der Waals surface area (Å²) in [6, 6.07) is 10.8. The number of rotatable bonds is 5. The number of piperidine rings is 1. The fourth-order valence-electron chi connectivity index (χ4n) is 3.86. The fraction of sp³-hybridized carbons (Fsp3) is 0.400. The van der Waals surface area contributed by atoms with E-state index in [4.69, 9.17) is 10.5 Å². The number of hydrogen-bond acceptors (Lipinski definition) is 5. The van der Waals surface area contributed by atoms with E-state index in [9.17, 15) is 0 Å². The Morgan fingerprint density at radius 2 is 1.92 bits per heavy atom. The zero-order valence-electron chi connectivity index (χ0n) is 15.1. The van der Waals surface area contributed by atoms with Crippen LogP contribution in [0, 0.1) is 0 Å². The lowest BCUT2D eigenvalue weighted by Gasteiger charge is -2.32. The highest BCUT2D eigenvalue weighted by Crippen LogP contribution is 2.36. The first kappa shape index (κ1) is 17.0. The monoisotopic (exact) mass is 351 g/mol. The number of nitrogens with zero attached hydrogens (tertiary/aromatic N) is 4. The molecule has 1 aliphatic rings. The van der Waals surface area contributed by atoms with Crippen LogP contribution in [0.25, 0.3) is 22.2 Å². The van der Waals surface area contributed by atoms with Crippen molar-refractivity contribution in [1.29, 1.82) is 0 Å². The maximum atomic E-state index is 6.23. The SMILES string of the molecule is COCCN1CCC(n2cc(-c3ccccc3)c3c(N)ncnc32)CC1. The third-order valence-corrected chi connectivity index (χ3v) is 5.29. The van der Waals surface area contributed by atoms with Gasteiger partial charge in [0.25, 0.3) is 0 Å². The van der Waals surface area contributed by atoms with E-state index in [1.54, 1.807) is 13.4 Å². The molecule has 136 valence electrons. The Morgan fingerprint density at radius 3 is 2.65 bits per heavy atom. The molecule has 6 nitrogen and oxygen atoms in total. The molecule has 1 aliphatic heterocycles. The summed E-state index contributed by atoms with van der Waals surface area (Å²) in [6.07, 6.45) is 5.98. The van der Waals surface area contributed by atoms with Gasteiger partial charge in [-0.15, -0.1) is 0 Å². The number of anilines is 1. The van der Waals surface area contributed by atoms with Gasteiger partial charge in [0.05, 0.1) is 12.0 Å². The standard InChI is InChI=1S/C20H25N5O/c1-26-12-11-24-9-7-16(8-10-24)25-13-17(15-5-3-2-4-6-15)18-19(21)22-14-23-20(18)25/h2-6,13-14,16H,7-12H2,1H3,(H2,21,22,23). The van der Waals surface area contributed by atoms with E-state index in [-0.39, 0.29) is 0 Å². The molecule has 3 aromatic rings. The van der Waals surface area contributed by atoms with Gasteiger partial charge in [0.1, 0.15) is 17.8 Å². The molecule has 0 atom stereocenters. The van der Waals surface area contributed by atoms with Crippen molar-refractivity contribution in [2.24, 2.45) is 0 Å². The molecule has 0 unspecified atom stereocenters. The molecule has 1 saturated heterocycles. The van der Waals surface area contributed by atoms with Gasteiger partial charge in [-0.1, -0.05) is 30.3 Å². The first-order valence-electron chi connectivity index (χ1n) is 9.15. The van der Waals surface area contributed by atoms with Crippen LogP contribution in [0.3, 0.4) is 0 Å². The van der Waals surface area contributed by atoms with Crippen molar-refractivity contribution in [3.8, 4) is 11.1 Å². The average Bonchev–Trinajstić information content (AvgIpc) is 3.08. The predicted octanol–water partition coefficient (Wildman–Crippen LogP) is 2.96. The zero-order valence-corrected chi connectivity index (χ0v) is 15.1. The van der Waals surface area contributed by atoms with Crippen LogP contribution in [0.15, 0.2) is 42.9 Å². The topological polar surface area (TPSA) is 69.2 Å². The van der Waals surface area contributed by atoms with Gasteiger partial charge in [-0.2, -0.15) is 0 Å². The number of methoxy groups -OCH3 is 1. The zero-order chi connectivity index (χ0) is 17.9. The van der Waals surface area contributed by atoms with Crippen molar-refractivity contribution in [3.05, 3.63) is 42.9 Å². The number of aromatic nitrogens is 3. The second-order valence-corrected chi connectivity index (χ2v) is 6.84. The Balaban J connectivity index is 1.68. The van der Waals surface area contributed by atoms with Crippen molar-refractivity contribution in [3.63, 3.8) is 0 Å². The minimum atomic E-state index is 0.433. The Hall–Kier alpha value is -2.44. The smallest absolute Gasteiger partial charge is 0.146 e. The number of nitrogen functional groups attached to an aromatic ring is 1. The van der Waals surface area contributed by atoms with Crippen molar-refractivity contribution in [1.82, 2.24) is 19.4 Å². The lowest BCUT2D eigenvalue weighted by atomic mass is 10.0. The summed E-state index contributed by atoms with van der Waals surface area (Å²) in [5.74, 6) is 0.546. The maximum absolute atomic E-state index is 6.23. The number of fused-ring (bicyclic) bond motifs is 1. The van der Waals surface area contributed by atoms with Crippen LogP contribution in [-0.2, 0) is 4.74 Å². The molecule has 0 bridgehead atoms. The Kier molecular flexibility index (Phi) is 4.86.